The molecule has 0 N–H and O–H groups in total. The number of anilines is 3. The van der Waals surface area contributed by atoms with Crippen LogP contribution < -0.4 is 4.90 Å². The van der Waals surface area contributed by atoms with Crippen LogP contribution in [0.2, 0.25) is 0 Å². The molecule has 0 amide bonds. The average Bonchev–Trinajstić information content (AvgIpc) is 3.64. The van der Waals surface area contributed by atoms with E-state index in [9.17, 15) is 0 Å². The van der Waals surface area contributed by atoms with Crippen molar-refractivity contribution in [1.82, 2.24) is 4.57 Å². The first-order chi connectivity index (χ1) is 28.8. The van der Waals surface area contributed by atoms with Crippen LogP contribution in [0.3, 0.4) is 0 Å². The Morgan fingerprint density at radius 2 is 0.897 bits per heavy atom. The second kappa shape index (κ2) is 14.1. The second-order valence-corrected chi connectivity index (χ2v) is 14.9. The highest BCUT2D eigenvalue weighted by atomic mass is 15.1. The van der Waals surface area contributed by atoms with E-state index in [1.54, 1.807) is 0 Å². The first-order valence-corrected chi connectivity index (χ1v) is 19.9. The summed E-state index contributed by atoms with van der Waals surface area (Å²) in [7, 11) is 0. The van der Waals surface area contributed by atoms with Crippen molar-refractivity contribution in [3.8, 4) is 39.1 Å². The van der Waals surface area contributed by atoms with Crippen LogP contribution in [0, 0.1) is 0 Å². The molecule has 0 saturated carbocycles. The number of rotatable bonds is 7. The maximum atomic E-state index is 2.45. The molecule has 0 bridgehead atoms. The topological polar surface area (TPSA) is 8.17 Å². The molecule has 272 valence electrons. The summed E-state index contributed by atoms with van der Waals surface area (Å²) in [5.74, 6) is 0. The van der Waals surface area contributed by atoms with E-state index in [0.717, 1.165) is 28.3 Å². The number of aromatic nitrogens is 1. The summed E-state index contributed by atoms with van der Waals surface area (Å²) in [5.41, 5.74) is 13.9. The number of fused-ring (bicyclic) bond motifs is 5. The van der Waals surface area contributed by atoms with Gasteiger partial charge in [0, 0.05) is 27.7 Å². The molecule has 0 aliphatic rings. The predicted octanol–water partition coefficient (Wildman–Crippen LogP) is 15.6. The van der Waals surface area contributed by atoms with Crippen LogP contribution in [-0.4, -0.2) is 4.57 Å². The molecule has 1 heterocycles. The Hall–Kier alpha value is -7.68. The quantitative estimate of drug-likeness (QED) is 0.158. The van der Waals surface area contributed by atoms with E-state index in [-0.39, 0.29) is 0 Å². The summed E-state index contributed by atoms with van der Waals surface area (Å²) in [6.07, 6.45) is 0. The summed E-state index contributed by atoms with van der Waals surface area (Å²) in [6, 6.07) is 83.8. The van der Waals surface area contributed by atoms with E-state index in [2.05, 4.69) is 240 Å². The maximum Gasteiger partial charge on any atom is 0.0562 e. The molecular formula is C56H38N2. The molecule has 58 heavy (non-hydrogen) atoms. The molecule has 2 heteroatoms. The molecule has 0 fully saturated rings. The zero-order valence-electron chi connectivity index (χ0n) is 31.8. The van der Waals surface area contributed by atoms with E-state index < -0.39 is 0 Å². The third kappa shape index (κ3) is 5.74. The Labute approximate surface area is 338 Å². The van der Waals surface area contributed by atoms with Crippen LogP contribution in [0.25, 0.3) is 82.4 Å². The van der Waals surface area contributed by atoms with Gasteiger partial charge in [0.1, 0.15) is 0 Å². The van der Waals surface area contributed by atoms with Gasteiger partial charge in [-0.15, -0.1) is 0 Å². The van der Waals surface area contributed by atoms with Crippen LogP contribution in [0.1, 0.15) is 0 Å². The number of nitrogens with zero attached hydrogens (tertiary/aromatic N) is 2. The fourth-order valence-corrected chi connectivity index (χ4v) is 8.86. The number of para-hydroxylation sites is 3. The molecule has 11 rings (SSSR count). The van der Waals surface area contributed by atoms with Gasteiger partial charge < -0.3 is 9.47 Å². The Bertz CT molecular complexity index is 3290. The lowest BCUT2D eigenvalue weighted by molar-refractivity contribution is 1.18. The first-order valence-electron chi connectivity index (χ1n) is 19.9. The average molecular weight is 739 g/mol. The molecule has 1 aromatic heterocycles. The van der Waals surface area contributed by atoms with E-state index in [1.165, 1.54) is 71.2 Å². The summed E-state index contributed by atoms with van der Waals surface area (Å²) < 4.78 is 2.45. The van der Waals surface area contributed by atoms with E-state index >= 15 is 0 Å². The van der Waals surface area contributed by atoms with Gasteiger partial charge in [0.25, 0.3) is 0 Å². The minimum atomic E-state index is 1.09. The Morgan fingerprint density at radius 1 is 0.310 bits per heavy atom. The first kappa shape index (κ1) is 33.6. The van der Waals surface area contributed by atoms with E-state index in [1.807, 2.05) is 0 Å². The Morgan fingerprint density at radius 3 is 1.64 bits per heavy atom. The van der Waals surface area contributed by atoms with Crippen LogP contribution in [0.5, 0.6) is 0 Å². The molecule has 10 aromatic carbocycles. The van der Waals surface area contributed by atoms with Crippen molar-refractivity contribution < 1.29 is 0 Å². The molecule has 0 spiro atoms. The van der Waals surface area contributed by atoms with E-state index in [4.69, 9.17) is 0 Å². The molecule has 0 aliphatic carbocycles. The minimum absolute atomic E-state index is 1.09. The smallest absolute Gasteiger partial charge is 0.0562 e. The zero-order valence-corrected chi connectivity index (χ0v) is 31.8. The van der Waals surface area contributed by atoms with Gasteiger partial charge in [-0.3, -0.25) is 0 Å². The van der Waals surface area contributed by atoms with Gasteiger partial charge >= 0.3 is 0 Å². The highest BCUT2D eigenvalue weighted by Crippen LogP contribution is 2.46. The third-order valence-corrected chi connectivity index (χ3v) is 11.5. The van der Waals surface area contributed by atoms with E-state index in [0.29, 0.717) is 0 Å². The van der Waals surface area contributed by atoms with Crippen LogP contribution in [-0.2, 0) is 0 Å². The van der Waals surface area contributed by atoms with Crippen molar-refractivity contribution in [1.29, 1.82) is 0 Å². The Balaban J connectivity index is 1.17. The third-order valence-electron chi connectivity index (χ3n) is 11.5. The van der Waals surface area contributed by atoms with Gasteiger partial charge in [0.2, 0.25) is 0 Å². The normalized spacial score (nSPS) is 11.4. The van der Waals surface area contributed by atoms with Crippen molar-refractivity contribution in [2.24, 2.45) is 0 Å². The predicted molar refractivity (Wildman–Crippen MR) is 247 cm³/mol. The van der Waals surface area contributed by atoms with Gasteiger partial charge in [-0.25, -0.2) is 0 Å². The lowest BCUT2D eigenvalue weighted by atomic mass is 9.91. The van der Waals surface area contributed by atoms with Gasteiger partial charge in [0.05, 0.1) is 22.4 Å². The summed E-state index contributed by atoms with van der Waals surface area (Å²) in [5, 5.41) is 7.34. The van der Waals surface area contributed by atoms with Gasteiger partial charge in [0.15, 0.2) is 0 Å². The summed E-state index contributed by atoms with van der Waals surface area (Å²) in [4.78, 5) is 2.44. The van der Waals surface area contributed by atoms with Crippen molar-refractivity contribution in [2.75, 3.05) is 4.90 Å². The molecule has 0 unspecified atom stereocenters. The molecular weight excluding hydrogens is 701 g/mol. The molecule has 11 aromatic rings. The molecule has 0 aliphatic heterocycles. The molecule has 0 radical (unpaired) electrons. The van der Waals surface area contributed by atoms with Gasteiger partial charge in [-0.2, -0.15) is 0 Å². The number of benzene rings is 10. The summed E-state index contributed by atoms with van der Waals surface area (Å²) in [6.45, 7) is 0. The van der Waals surface area contributed by atoms with Crippen molar-refractivity contribution >= 4 is 60.4 Å². The molecule has 0 saturated heterocycles. The van der Waals surface area contributed by atoms with Gasteiger partial charge in [-0.1, -0.05) is 170 Å². The summed E-state index contributed by atoms with van der Waals surface area (Å²) >= 11 is 0. The monoisotopic (exact) mass is 738 g/mol. The largest absolute Gasteiger partial charge is 0.310 e. The SMILES string of the molecule is c1ccc(-c2ccccc2-n2c3ccccc3c3c(N(c4ccccc4)c4ccc(-c5ccc6ccccc6c5)c(-c5ccc6ccccc6c5)c4)cccc32)cc1. The lowest BCUT2D eigenvalue weighted by Gasteiger charge is -2.28. The van der Waals surface area contributed by atoms with Crippen LogP contribution in [0.15, 0.2) is 231 Å². The second-order valence-electron chi connectivity index (χ2n) is 14.9. The fraction of sp³-hybridized carbons (Fsp3) is 0. The van der Waals surface area contributed by atoms with Crippen molar-refractivity contribution in [2.45, 2.75) is 0 Å². The lowest BCUT2D eigenvalue weighted by Crippen LogP contribution is -2.10. The molecule has 2 nitrogen and oxygen atoms in total. The highest BCUT2D eigenvalue weighted by Gasteiger charge is 2.23. The number of hydrogen-bond acceptors (Lipinski definition) is 1. The molecule has 0 atom stereocenters. The standard InChI is InChI=1S/C56H38N2/c1-3-18-41(19-4-1)49-24-11-13-26-52(49)58-53-27-14-12-25-50(53)56-54(28-15-29-55(56)58)57(46-22-5-2-6-23-46)47-34-35-48(44-32-30-39-16-7-9-20-42(39)36-44)51(38-47)45-33-31-40-17-8-10-21-43(40)37-45/h1-38H. The van der Waals surface area contributed by atoms with Gasteiger partial charge in [-0.05, 0) is 110 Å². The number of hydrogen-bond donors (Lipinski definition) is 0. The Kier molecular flexibility index (Phi) is 8.19. The zero-order chi connectivity index (χ0) is 38.4. The van der Waals surface area contributed by atoms with Crippen molar-refractivity contribution in [3.63, 3.8) is 0 Å². The van der Waals surface area contributed by atoms with Crippen molar-refractivity contribution in [3.05, 3.63) is 231 Å². The van der Waals surface area contributed by atoms with Crippen LogP contribution >= 0.6 is 0 Å². The maximum absolute atomic E-state index is 2.45. The van der Waals surface area contributed by atoms with Crippen LogP contribution in [0.4, 0.5) is 17.1 Å². The highest BCUT2D eigenvalue weighted by molar-refractivity contribution is 6.17. The minimum Gasteiger partial charge on any atom is -0.310 e. The fourth-order valence-electron chi connectivity index (χ4n) is 8.86.